The minimum atomic E-state index is -0.372. The molecule has 0 fully saturated rings. The molecule has 0 atom stereocenters. The molecule has 0 amide bonds. The zero-order chi connectivity index (χ0) is 16.6. The Labute approximate surface area is 146 Å². The molecule has 0 unspecified atom stereocenters. The fourth-order valence-corrected chi connectivity index (χ4v) is 2.91. The predicted molar refractivity (Wildman–Crippen MR) is 95.2 cm³/mol. The van der Waals surface area contributed by atoms with E-state index in [1.54, 1.807) is 13.1 Å². The molecule has 0 spiro atoms. The molecule has 0 radical (unpaired) electrons. The van der Waals surface area contributed by atoms with Crippen molar-refractivity contribution in [2.75, 3.05) is 5.32 Å². The van der Waals surface area contributed by atoms with Crippen LogP contribution in [0, 0.1) is 16.3 Å². The molecule has 0 saturated carbocycles. The summed E-state index contributed by atoms with van der Waals surface area (Å²) in [4.78, 5) is 0. The van der Waals surface area contributed by atoms with Crippen LogP contribution >= 0.6 is 22.6 Å². The van der Waals surface area contributed by atoms with E-state index in [1.807, 2.05) is 25.1 Å². The van der Waals surface area contributed by atoms with Crippen molar-refractivity contribution in [3.8, 4) is 17.1 Å². The Morgan fingerprint density at radius 3 is 2.61 bits per heavy atom. The van der Waals surface area contributed by atoms with Gasteiger partial charge in [0, 0.05) is 21.9 Å². The van der Waals surface area contributed by atoms with Crippen LogP contribution < -0.4 is 5.32 Å². The van der Waals surface area contributed by atoms with Crippen LogP contribution in [-0.2, 0) is 7.05 Å². The highest BCUT2D eigenvalue weighted by molar-refractivity contribution is 14.1. The smallest absolute Gasteiger partial charge is 0.238 e. The van der Waals surface area contributed by atoms with Gasteiger partial charge in [0.15, 0.2) is 5.69 Å². The highest BCUT2D eigenvalue weighted by Gasteiger charge is 2.16. The van der Waals surface area contributed by atoms with E-state index in [9.17, 15) is 9.50 Å². The van der Waals surface area contributed by atoms with E-state index in [4.69, 9.17) is 0 Å². The van der Waals surface area contributed by atoms with Crippen molar-refractivity contribution in [2.24, 2.45) is 7.05 Å². The van der Waals surface area contributed by atoms with Crippen LogP contribution in [0.1, 0.15) is 5.56 Å². The van der Waals surface area contributed by atoms with Crippen molar-refractivity contribution < 1.29 is 9.50 Å². The number of benzene rings is 2. The second-order valence-electron chi connectivity index (χ2n) is 5.16. The maximum atomic E-state index is 13.7. The van der Waals surface area contributed by atoms with Gasteiger partial charge in [0.05, 0.1) is 5.69 Å². The van der Waals surface area contributed by atoms with Gasteiger partial charge in [-0.3, -0.25) is 0 Å². The number of nitrogens with zero attached hydrogens (tertiary/aromatic N) is 3. The third-order valence-corrected chi connectivity index (χ3v) is 4.16. The number of anilines is 2. The second kappa shape index (κ2) is 6.15. The summed E-state index contributed by atoms with van der Waals surface area (Å²) < 4.78 is 16.1. The first-order chi connectivity index (χ1) is 11.0. The highest BCUT2D eigenvalue weighted by atomic mass is 127. The number of nitrogens with one attached hydrogen (secondary N) is 1. The van der Waals surface area contributed by atoms with Crippen LogP contribution in [0.5, 0.6) is 5.88 Å². The molecule has 3 aromatic rings. The average molecular weight is 424 g/mol. The van der Waals surface area contributed by atoms with Crippen molar-refractivity contribution in [1.29, 1.82) is 0 Å². The lowest BCUT2D eigenvalue weighted by Crippen LogP contribution is -1.97. The Balaban J connectivity index is 2.08. The Morgan fingerprint density at radius 2 is 1.96 bits per heavy atom. The number of rotatable bonds is 3. The molecule has 0 aliphatic carbocycles. The van der Waals surface area contributed by atoms with Crippen LogP contribution in [-0.4, -0.2) is 20.1 Å². The second-order valence-corrected chi connectivity index (χ2v) is 6.41. The molecule has 0 aliphatic rings. The van der Waals surface area contributed by atoms with E-state index in [0.29, 0.717) is 16.9 Å². The monoisotopic (exact) mass is 424 g/mol. The lowest BCUT2D eigenvalue weighted by atomic mass is 10.1. The number of aryl methyl sites for hydroxylation is 2. The molecular weight excluding hydrogens is 410 g/mol. The van der Waals surface area contributed by atoms with Gasteiger partial charge in [0.2, 0.25) is 5.88 Å². The minimum Gasteiger partial charge on any atom is -0.492 e. The maximum Gasteiger partial charge on any atom is 0.238 e. The molecule has 0 saturated heterocycles. The SMILES string of the molecule is Cc1cc(I)ccc1Nc1cc(F)ccc1-c1nnn(C)c1O. The van der Waals surface area contributed by atoms with Crippen LogP contribution in [0.2, 0.25) is 0 Å². The van der Waals surface area contributed by atoms with Gasteiger partial charge in [0.25, 0.3) is 0 Å². The average Bonchev–Trinajstić information content (AvgIpc) is 2.82. The van der Waals surface area contributed by atoms with E-state index in [1.165, 1.54) is 16.8 Å². The number of hydrogen-bond acceptors (Lipinski definition) is 4. The van der Waals surface area contributed by atoms with Crippen LogP contribution in [0.15, 0.2) is 36.4 Å². The zero-order valence-electron chi connectivity index (χ0n) is 12.5. The lowest BCUT2D eigenvalue weighted by molar-refractivity contribution is 0.420. The molecule has 0 bridgehead atoms. The van der Waals surface area contributed by atoms with E-state index in [-0.39, 0.29) is 11.7 Å². The summed E-state index contributed by atoms with van der Waals surface area (Å²) in [5, 5.41) is 21.0. The van der Waals surface area contributed by atoms with Gasteiger partial charge in [-0.15, -0.1) is 5.10 Å². The Kier molecular flexibility index (Phi) is 4.20. The van der Waals surface area contributed by atoms with E-state index in [2.05, 4.69) is 38.2 Å². The Hall–Kier alpha value is -2.16. The molecule has 3 rings (SSSR count). The molecule has 23 heavy (non-hydrogen) atoms. The standard InChI is InChI=1S/C16H14FIN4O/c1-9-7-11(18)4-6-13(9)19-14-8-10(17)3-5-12(14)15-16(23)22(2)21-20-15/h3-8,19,23H,1-2H3. The van der Waals surface area contributed by atoms with Gasteiger partial charge in [-0.25, -0.2) is 9.07 Å². The molecule has 2 N–H and O–H groups in total. The molecule has 1 heterocycles. The first kappa shape index (κ1) is 15.7. The maximum absolute atomic E-state index is 13.7. The summed E-state index contributed by atoms with van der Waals surface area (Å²) in [6, 6.07) is 10.2. The normalized spacial score (nSPS) is 10.8. The van der Waals surface area contributed by atoms with Gasteiger partial charge in [0.1, 0.15) is 5.82 Å². The van der Waals surface area contributed by atoms with Crippen LogP contribution in [0.25, 0.3) is 11.3 Å². The molecule has 2 aromatic carbocycles. The van der Waals surface area contributed by atoms with E-state index < -0.39 is 0 Å². The van der Waals surface area contributed by atoms with Crippen molar-refractivity contribution in [3.05, 3.63) is 51.3 Å². The topological polar surface area (TPSA) is 63.0 Å². The fourth-order valence-electron chi connectivity index (χ4n) is 2.27. The van der Waals surface area contributed by atoms with Crippen LogP contribution in [0.4, 0.5) is 15.8 Å². The highest BCUT2D eigenvalue weighted by Crippen LogP contribution is 2.35. The lowest BCUT2D eigenvalue weighted by Gasteiger charge is -2.13. The number of aromatic hydroxyl groups is 1. The van der Waals surface area contributed by atoms with Crippen molar-refractivity contribution in [1.82, 2.24) is 15.0 Å². The van der Waals surface area contributed by atoms with E-state index in [0.717, 1.165) is 14.8 Å². The number of halogens is 2. The third-order valence-electron chi connectivity index (χ3n) is 3.49. The van der Waals surface area contributed by atoms with Gasteiger partial charge < -0.3 is 10.4 Å². The van der Waals surface area contributed by atoms with Gasteiger partial charge >= 0.3 is 0 Å². The number of hydrogen-bond donors (Lipinski definition) is 2. The number of aromatic nitrogens is 3. The summed E-state index contributed by atoms with van der Waals surface area (Å²) in [6.45, 7) is 1.98. The third kappa shape index (κ3) is 3.14. The van der Waals surface area contributed by atoms with Gasteiger partial charge in [-0.05, 0) is 71.5 Å². The molecule has 7 heteroatoms. The first-order valence-electron chi connectivity index (χ1n) is 6.87. The molecular formula is C16H14FIN4O. The molecule has 1 aromatic heterocycles. The van der Waals surface area contributed by atoms with Gasteiger partial charge in [-0.2, -0.15) is 0 Å². The minimum absolute atomic E-state index is 0.0704. The van der Waals surface area contributed by atoms with Gasteiger partial charge in [-0.1, -0.05) is 5.21 Å². The summed E-state index contributed by atoms with van der Waals surface area (Å²) >= 11 is 2.24. The van der Waals surface area contributed by atoms with Crippen molar-refractivity contribution in [3.63, 3.8) is 0 Å². The fraction of sp³-hybridized carbons (Fsp3) is 0.125. The molecule has 118 valence electrons. The van der Waals surface area contributed by atoms with Crippen molar-refractivity contribution >= 4 is 34.0 Å². The largest absolute Gasteiger partial charge is 0.492 e. The Bertz CT molecular complexity index is 879. The summed E-state index contributed by atoms with van der Waals surface area (Å²) in [5.74, 6) is -0.443. The summed E-state index contributed by atoms with van der Waals surface area (Å²) in [7, 11) is 1.59. The van der Waals surface area contributed by atoms with Crippen molar-refractivity contribution in [2.45, 2.75) is 6.92 Å². The molecule has 0 aliphatic heterocycles. The van der Waals surface area contributed by atoms with Crippen LogP contribution in [0.3, 0.4) is 0 Å². The quantitative estimate of drug-likeness (QED) is 0.625. The summed E-state index contributed by atoms with van der Waals surface area (Å²) in [6.07, 6.45) is 0. The van der Waals surface area contributed by atoms with E-state index >= 15 is 0 Å². The zero-order valence-corrected chi connectivity index (χ0v) is 14.7. The predicted octanol–water partition coefficient (Wildman–Crippen LogP) is 3.98. The Morgan fingerprint density at radius 1 is 1.17 bits per heavy atom. The summed E-state index contributed by atoms with van der Waals surface area (Å²) in [5.41, 5.74) is 3.30. The first-order valence-corrected chi connectivity index (χ1v) is 7.95. The molecule has 5 nitrogen and oxygen atoms in total.